The summed E-state index contributed by atoms with van der Waals surface area (Å²) in [5.74, 6) is -0.594. The lowest BCUT2D eigenvalue weighted by molar-refractivity contribution is -0.870. The molecule has 10 heteroatoms. The van der Waals surface area contributed by atoms with E-state index in [4.69, 9.17) is 13.8 Å². The Hall–Kier alpha value is -3.07. The van der Waals surface area contributed by atoms with Gasteiger partial charge in [0.2, 0.25) is 5.91 Å². The smallest absolute Gasteiger partial charge is 0.306 e. The van der Waals surface area contributed by atoms with E-state index in [2.05, 4.69) is 111 Å². The minimum atomic E-state index is -4.72. The van der Waals surface area contributed by atoms with Gasteiger partial charge in [-0.3, -0.25) is 14.2 Å². The Morgan fingerprint density at radius 3 is 1.24 bits per heavy atom. The van der Waals surface area contributed by atoms with Crippen molar-refractivity contribution in [3.05, 3.63) is 97.2 Å². The number of unbranched alkanes of at least 4 members (excludes halogenated alkanes) is 28. The van der Waals surface area contributed by atoms with Crippen molar-refractivity contribution in [2.75, 3.05) is 40.9 Å². The Morgan fingerprint density at radius 1 is 0.456 bits per heavy atom. The fourth-order valence-electron chi connectivity index (χ4n) is 8.99. The van der Waals surface area contributed by atoms with Gasteiger partial charge < -0.3 is 28.5 Å². The molecule has 0 rings (SSSR count). The van der Waals surface area contributed by atoms with Crippen LogP contribution in [0.25, 0.3) is 0 Å². The molecule has 0 radical (unpaired) electrons. The lowest BCUT2D eigenvalue weighted by atomic mass is 10.0. The van der Waals surface area contributed by atoms with E-state index in [1.54, 1.807) is 0 Å². The van der Waals surface area contributed by atoms with Crippen LogP contribution in [0.2, 0.25) is 0 Å². The molecule has 3 atom stereocenters. The number of phosphoric acid groups is 1. The second-order valence-corrected chi connectivity index (χ2v) is 24.3. The topological polar surface area (TPSA) is 114 Å². The summed E-state index contributed by atoms with van der Waals surface area (Å²) in [4.78, 5) is 40.1. The third-order valence-electron chi connectivity index (χ3n) is 14.0. The Labute approximate surface area is 488 Å². The first kappa shape index (κ1) is 75.9. The molecule has 0 aromatic heterocycles. The zero-order valence-electron chi connectivity index (χ0n) is 52.1. The van der Waals surface area contributed by atoms with Gasteiger partial charge in [0.15, 0.2) is 0 Å². The van der Waals surface area contributed by atoms with Crippen LogP contribution in [0.3, 0.4) is 0 Å². The highest BCUT2D eigenvalue weighted by Crippen LogP contribution is 2.38. The number of esters is 1. The maximum Gasteiger partial charge on any atom is 0.306 e. The molecule has 0 fully saturated rings. The summed E-state index contributed by atoms with van der Waals surface area (Å²) in [5, 5.41) is 3.01. The minimum absolute atomic E-state index is 0.0351. The van der Waals surface area contributed by atoms with Crippen molar-refractivity contribution in [1.82, 2.24) is 5.32 Å². The second-order valence-electron chi connectivity index (χ2n) is 22.9. The van der Waals surface area contributed by atoms with E-state index in [0.717, 1.165) is 96.3 Å². The molecule has 3 unspecified atom stereocenters. The lowest BCUT2D eigenvalue weighted by Gasteiger charge is -2.30. The zero-order valence-corrected chi connectivity index (χ0v) is 52.9. The summed E-state index contributed by atoms with van der Waals surface area (Å²) >= 11 is 0. The van der Waals surface area contributed by atoms with Crippen molar-refractivity contribution in [3.63, 3.8) is 0 Å². The summed E-state index contributed by atoms with van der Waals surface area (Å²) in [6, 6.07) is -0.918. The number of carbonyl (C=O) groups is 2. The van der Waals surface area contributed by atoms with Crippen LogP contribution in [0.15, 0.2) is 97.2 Å². The number of nitrogens with zero attached hydrogens (tertiary/aromatic N) is 1. The molecule has 0 saturated carbocycles. The molecule has 0 aromatic carbocycles. The summed E-state index contributed by atoms with van der Waals surface area (Å²) in [7, 11) is 1.15. The first-order chi connectivity index (χ1) is 38.4. The largest absolute Gasteiger partial charge is 0.756 e. The Bertz CT molecular complexity index is 1670. The highest BCUT2D eigenvalue weighted by atomic mass is 31.2. The fraction of sp³-hybridized carbons (Fsp3) is 0.739. The van der Waals surface area contributed by atoms with E-state index in [1.165, 1.54) is 141 Å². The van der Waals surface area contributed by atoms with Crippen molar-refractivity contribution in [3.8, 4) is 0 Å². The molecule has 9 nitrogen and oxygen atoms in total. The lowest BCUT2D eigenvalue weighted by Crippen LogP contribution is -2.47. The SMILES string of the molecule is CC/C=C\C/C=C\C/C=C\C/C=C\C/C=C\C/C=C\CCCCC(=O)NC(COP(=O)([O-])OCC[N+](C)(C)C)C(/C=C/CCCCCCCCCCCCC)OC(=O)CCCCCCCCCCC/C=C/CCCCCCCC. The number of hydrogen-bond acceptors (Lipinski definition) is 7. The number of amides is 1. The molecular weight excluding hydrogens is 1000 g/mol. The Balaban J connectivity index is 5.33. The summed E-state index contributed by atoms with van der Waals surface area (Å²) < 4.78 is 30.3. The van der Waals surface area contributed by atoms with Gasteiger partial charge in [0.05, 0.1) is 33.8 Å². The molecule has 1 N–H and O–H groups in total. The van der Waals surface area contributed by atoms with Crippen LogP contribution in [-0.2, 0) is 27.9 Å². The van der Waals surface area contributed by atoms with E-state index >= 15 is 0 Å². The molecule has 0 aliphatic heterocycles. The standard InChI is InChI=1S/C69H123N2O7P/c1-7-10-13-16-19-22-25-28-30-32-34-35-37-38-40-43-46-49-52-55-58-61-68(72)70-66(65-77-79(74,75)76-64-63-71(4,5)6)67(60-57-54-51-48-45-42-27-24-21-18-15-12-9-3)78-69(73)62-59-56-53-50-47-44-41-39-36-33-31-29-26-23-20-17-14-11-8-2/h10,13,19,22,28-31,34-35,38,40,46,49,57,60,66-67H,7-9,11-12,14-18,20-21,23-27,32-33,36-37,39,41-45,47-48,50-56,58-59,61-65H2,1-6H3,(H-,70,72,74,75)/b13-10-,22-19-,30-28-,31-29+,35-34-,40-38-,49-46-,60-57+. The molecule has 0 heterocycles. The first-order valence-corrected chi connectivity index (χ1v) is 34.0. The number of quaternary nitrogens is 1. The van der Waals surface area contributed by atoms with E-state index in [9.17, 15) is 19.0 Å². The van der Waals surface area contributed by atoms with E-state index < -0.39 is 26.6 Å². The van der Waals surface area contributed by atoms with Crippen LogP contribution in [0.1, 0.15) is 278 Å². The van der Waals surface area contributed by atoms with Gasteiger partial charge in [-0.15, -0.1) is 0 Å². The van der Waals surface area contributed by atoms with E-state index in [0.29, 0.717) is 17.4 Å². The molecule has 0 aliphatic rings. The van der Waals surface area contributed by atoms with Crippen molar-refractivity contribution < 1.29 is 37.3 Å². The number of hydrogen-bond donors (Lipinski definition) is 1. The Kier molecular flexibility index (Phi) is 55.9. The third-order valence-corrected chi connectivity index (χ3v) is 15.0. The van der Waals surface area contributed by atoms with E-state index in [-0.39, 0.29) is 31.3 Å². The van der Waals surface area contributed by atoms with Gasteiger partial charge in [-0.25, -0.2) is 0 Å². The number of likely N-dealkylation sites (N-methyl/N-ethyl adjacent to an activating group) is 1. The van der Waals surface area contributed by atoms with Crippen LogP contribution in [-0.4, -0.2) is 69.4 Å². The molecule has 456 valence electrons. The third kappa shape index (κ3) is 59.4. The maximum absolute atomic E-state index is 13.5. The zero-order chi connectivity index (χ0) is 57.9. The fourth-order valence-corrected chi connectivity index (χ4v) is 9.71. The van der Waals surface area contributed by atoms with Crippen LogP contribution in [0.4, 0.5) is 0 Å². The van der Waals surface area contributed by atoms with Crippen molar-refractivity contribution in [2.24, 2.45) is 0 Å². The van der Waals surface area contributed by atoms with Gasteiger partial charge in [-0.05, 0) is 109 Å². The predicted molar refractivity (Wildman–Crippen MR) is 339 cm³/mol. The van der Waals surface area contributed by atoms with Crippen molar-refractivity contribution in [2.45, 2.75) is 290 Å². The molecular formula is C69H123N2O7P. The monoisotopic (exact) mass is 1120 g/mol. The molecule has 0 aromatic rings. The van der Waals surface area contributed by atoms with Crippen LogP contribution in [0, 0.1) is 0 Å². The minimum Gasteiger partial charge on any atom is -0.756 e. The number of nitrogens with one attached hydrogen (secondary N) is 1. The van der Waals surface area contributed by atoms with E-state index in [1.807, 2.05) is 33.3 Å². The number of ether oxygens (including phenoxy) is 1. The number of carbonyl (C=O) groups excluding carboxylic acids is 2. The number of allylic oxidation sites excluding steroid dienone is 15. The molecule has 79 heavy (non-hydrogen) atoms. The van der Waals surface area contributed by atoms with Gasteiger partial charge in [-0.1, -0.05) is 253 Å². The molecule has 0 saturated heterocycles. The van der Waals surface area contributed by atoms with Crippen LogP contribution in [0.5, 0.6) is 0 Å². The summed E-state index contributed by atoms with van der Waals surface area (Å²) in [5.41, 5.74) is 0. The van der Waals surface area contributed by atoms with Crippen LogP contribution >= 0.6 is 7.82 Å². The quantitative estimate of drug-likeness (QED) is 0.0212. The number of phosphoric ester groups is 1. The summed E-state index contributed by atoms with van der Waals surface area (Å²) in [6.07, 6.45) is 78.1. The van der Waals surface area contributed by atoms with Crippen molar-refractivity contribution >= 4 is 19.7 Å². The molecule has 0 aliphatic carbocycles. The highest BCUT2D eigenvalue weighted by molar-refractivity contribution is 7.45. The van der Waals surface area contributed by atoms with Crippen molar-refractivity contribution in [1.29, 1.82) is 0 Å². The maximum atomic E-state index is 13.5. The predicted octanol–water partition coefficient (Wildman–Crippen LogP) is 19.7. The van der Waals surface area contributed by atoms with Gasteiger partial charge in [0.1, 0.15) is 19.3 Å². The first-order valence-electron chi connectivity index (χ1n) is 32.5. The van der Waals surface area contributed by atoms with Gasteiger partial charge in [0.25, 0.3) is 7.82 Å². The normalized spacial score (nSPS) is 14.3. The molecule has 0 bridgehead atoms. The number of rotatable bonds is 58. The highest BCUT2D eigenvalue weighted by Gasteiger charge is 2.27. The average Bonchev–Trinajstić information content (AvgIpc) is 3.41. The molecule has 0 spiro atoms. The Morgan fingerprint density at radius 2 is 0.810 bits per heavy atom. The average molecular weight is 1120 g/mol. The summed E-state index contributed by atoms with van der Waals surface area (Å²) in [6.45, 7) is 6.70. The van der Waals surface area contributed by atoms with Gasteiger partial charge >= 0.3 is 5.97 Å². The van der Waals surface area contributed by atoms with Crippen LogP contribution < -0.4 is 10.2 Å². The second kappa shape index (κ2) is 58.1. The van der Waals surface area contributed by atoms with Gasteiger partial charge in [0, 0.05) is 12.8 Å². The van der Waals surface area contributed by atoms with Gasteiger partial charge in [-0.2, -0.15) is 0 Å². The molecule has 1 amide bonds.